The standard InChI is InChI=1S/C18H13FN6O/c19-11-2-3-12-14(8-11)23-18(25-6-5-20-16(12)25)24-17(26)10-1-4-13-15(7-10)22-9-21-13/h1-4,7-9,20H,5-6H2,(H,21,22). The molecule has 0 fully saturated rings. The molecule has 0 spiro atoms. The van der Waals surface area contributed by atoms with E-state index in [2.05, 4.69) is 25.3 Å². The molecule has 0 bridgehead atoms. The van der Waals surface area contributed by atoms with Crippen molar-refractivity contribution in [2.45, 2.75) is 6.54 Å². The predicted molar refractivity (Wildman–Crippen MR) is 94.2 cm³/mol. The smallest absolute Gasteiger partial charge is 0.280 e. The molecule has 0 aliphatic carbocycles. The summed E-state index contributed by atoms with van der Waals surface area (Å²) in [5, 5.41) is 4.05. The number of nitrogens with zero attached hydrogens (tertiary/aromatic N) is 4. The van der Waals surface area contributed by atoms with Crippen LogP contribution in [0, 0.1) is 5.82 Å². The number of hydrogen-bond donors (Lipinski definition) is 2. The Labute approximate surface area is 146 Å². The van der Waals surface area contributed by atoms with Gasteiger partial charge in [0.2, 0.25) is 5.62 Å². The van der Waals surface area contributed by atoms with E-state index >= 15 is 0 Å². The van der Waals surface area contributed by atoms with Gasteiger partial charge in [0.05, 0.1) is 22.9 Å². The summed E-state index contributed by atoms with van der Waals surface area (Å²) in [7, 11) is 0. The van der Waals surface area contributed by atoms with Gasteiger partial charge >= 0.3 is 0 Å². The zero-order chi connectivity index (χ0) is 17.7. The maximum Gasteiger partial charge on any atom is 0.280 e. The number of imidazole rings is 1. The fourth-order valence-electron chi connectivity index (χ4n) is 3.21. The van der Waals surface area contributed by atoms with Gasteiger partial charge in [-0.1, -0.05) is 0 Å². The van der Waals surface area contributed by atoms with Gasteiger partial charge in [-0.25, -0.2) is 14.4 Å². The third-order valence-electron chi connectivity index (χ3n) is 4.44. The largest absolute Gasteiger partial charge is 0.369 e. The van der Waals surface area contributed by atoms with Crippen molar-refractivity contribution in [2.24, 2.45) is 4.99 Å². The summed E-state index contributed by atoms with van der Waals surface area (Å²) in [6.45, 7) is 1.34. The third-order valence-corrected chi connectivity index (χ3v) is 4.44. The second-order valence-electron chi connectivity index (χ2n) is 6.05. The molecule has 5 rings (SSSR count). The number of aromatic nitrogens is 4. The Kier molecular flexibility index (Phi) is 3.11. The lowest BCUT2D eigenvalue weighted by atomic mass is 10.2. The summed E-state index contributed by atoms with van der Waals surface area (Å²) in [5.74, 6) is 0.00634. The molecule has 2 N–H and O–H groups in total. The van der Waals surface area contributed by atoms with E-state index < -0.39 is 5.91 Å². The lowest BCUT2D eigenvalue weighted by Gasteiger charge is -2.08. The number of benzene rings is 2. The van der Waals surface area contributed by atoms with E-state index in [0.717, 1.165) is 22.2 Å². The second kappa shape index (κ2) is 5.48. The summed E-state index contributed by atoms with van der Waals surface area (Å²) in [6, 6.07) is 9.57. The van der Waals surface area contributed by atoms with Crippen LogP contribution in [0.5, 0.6) is 0 Å². The van der Waals surface area contributed by atoms with Crippen LogP contribution >= 0.6 is 0 Å². The lowest BCUT2D eigenvalue weighted by Crippen LogP contribution is -2.24. The van der Waals surface area contributed by atoms with Gasteiger partial charge in [-0.3, -0.25) is 9.36 Å². The molecule has 4 aromatic rings. The lowest BCUT2D eigenvalue weighted by molar-refractivity contribution is 0.0996. The molecule has 0 radical (unpaired) electrons. The molecule has 0 unspecified atom stereocenters. The summed E-state index contributed by atoms with van der Waals surface area (Å²) in [4.78, 5) is 28.3. The first-order valence-electron chi connectivity index (χ1n) is 8.15. The van der Waals surface area contributed by atoms with Gasteiger partial charge in [0, 0.05) is 30.1 Å². The Morgan fingerprint density at radius 2 is 2.12 bits per heavy atom. The fourth-order valence-corrected chi connectivity index (χ4v) is 3.21. The summed E-state index contributed by atoms with van der Waals surface area (Å²) in [6.07, 6.45) is 1.57. The first kappa shape index (κ1) is 14.8. The number of carbonyl (C=O) groups excluding carboxylic acids is 1. The highest BCUT2D eigenvalue weighted by molar-refractivity contribution is 5.98. The molecule has 1 amide bonds. The van der Waals surface area contributed by atoms with Crippen LogP contribution in [-0.2, 0) is 6.54 Å². The van der Waals surface area contributed by atoms with Crippen LogP contribution in [-0.4, -0.2) is 32.0 Å². The SMILES string of the molecule is O=C(N=c1nc2cc(F)ccc2c2n1CCN2)c1ccc2nc[nH]c2c1. The maximum absolute atomic E-state index is 13.6. The fraction of sp³-hybridized carbons (Fsp3) is 0.111. The van der Waals surface area contributed by atoms with Crippen LogP contribution in [0.2, 0.25) is 0 Å². The molecule has 128 valence electrons. The quantitative estimate of drug-likeness (QED) is 0.552. The van der Waals surface area contributed by atoms with Crippen molar-refractivity contribution in [3.8, 4) is 0 Å². The molecule has 0 saturated heterocycles. The highest BCUT2D eigenvalue weighted by Crippen LogP contribution is 2.23. The second-order valence-corrected chi connectivity index (χ2v) is 6.05. The van der Waals surface area contributed by atoms with E-state index in [-0.39, 0.29) is 11.4 Å². The number of amides is 1. The van der Waals surface area contributed by atoms with Gasteiger partial charge in [0.25, 0.3) is 5.91 Å². The zero-order valence-electron chi connectivity index (χ0n) is 13.5. The number of rotatable bonds is 1. The number of aromatic amines is 1. The molecular weight excluding hydrogens is 335 g/mol. The van der Waals surface area contributed by atoms with Crippen LogP contribution < -0.4 is 10.9 Å². The average molecular weight is 348 g/mol. The van der Waals surface area contributed by atoms with Gasteiger partial charge in [0.15, 0.2) is 0 Å². The number of hydrogen-bond acceptors (Lipinski definition) is 4. The molecule has 8 heteroatoms. The Bertz CT molecular complexity index is 1260. The minimum absolute atomic E-state index is 0.262. The van der Waals surface area contributed by atoms with E-state index in [1.54, 1.807) is 30.6 Å². The minimum atomic E-state index is -0.411. The van der Waals surface area contributed by atoms with Crippen molar-refractivity contribution in [2.75, 3.05) is 11.9 Å². The zero-order valence-corrected chi connectivity index (χ0v) is 13.5. The number of carbonyl (C=O) groups is 1. The number of anilines is 1. The predicted octanol–water partition coefficient (Wildman–Crippen LogP) is 2.22. The molecular formula is C18H13FN6O. The highest BCUT2D eigenvalue weighted by atomic mass is 19.1. The molecule has 0 saturated carbocycles. The molecule has 2 aromatic heterocycles. The van der Waals surface area contributed by atoms with Crippen LogP contribution in [0.3, 0.4) is 0 Å². The first-order chi connectivity index (χ1) is 12.7. The summed E-state index contributed by atoms with van der Waals surface area (Å²) in [5.41, 5.74) is 2.70. The van der Waals surface area contributed by atoms with Crippen LogP contribution in [0.4, 0.5) is 10.2 Å². The van der Waals surface area contributed by atoms with Gasteiger partial charge < -0.3 is 10.3 Å². The van der Waals surface area contributed by atoms with Crippen LogP contribution in [0.15, 0.2) is 47.7 Å². The van der Waals surface area contributed by atoms with Gasteiger partial charge in [-0.15, -0.1) is 0 Å². The van der Waals surface area contributed by atoms with Gasteiger partial charge in [-0.05, 0) is 30.3 Å². The molecule has 7 nitrogen and oxygen atoms in total. The molecule has 1 aliphatic heterocycles. The first-order valence-corrected chi connectivity index (χ1v) is 8.15. The Morgan fingerprint density at radius 1 is 1.19 bits per heavy atom. The van der Waals surface area contributed by atoms with E-state index in [0.29, 0.717) is 24.2 Å². The molecule has 0 atom stereocenters. The van der Waals surface area contributed by atoms with Crippen LogP contribution in [0.25, 0.3) is 21.9 Å². The molecule has 2 aromatic carbocycles. The number of nitrogens with one attached hydrogen (secondary N) is 2. The number of fused-ring (bicyclic) bond motifs is 4. The third kappa shape index (κ3) is 2.26. The Morgan fingerprint density at radius 3 is 3.04 bits per heavy atom. The van der Waals surface area contributed by atoms with E-state index in [1.807, 2.05) is 4.57 Å². The minimum Gasteiger partial charge on any atom is -0.369 e. The van der Waals surface area contributed by atoms with Crippen molar-refractivity contribution in [3.63, 3.8) is 0 Å². The topological polar surface area (TPSA) is 88.0 Å². The maximum atomic E-state index is 13.6. The van der Waals surface area contributed by atoms with E-state index in [1.165, 1.54) is 12.1 Å². The van der Waals surface area contributed by atoms with Crippen LogP contribution in [0.1, 0.15) is 10.4 Å². The molecule has 26 heavy (non-hydrogen) atoms. The van der Waals surface area contributed by atoms with Crippen molar-refractivity contribution < 1.29 is 9.18 Å². The monoisotopic (exact) mass is 348 g/mol. The normalized spacial score (nSPS) is 14.0. The number of halogens is 1. The molecule has 1 aliphatic rings. The van der Waals surface area contributed by atoms with Crippen molar-refractivity contribution in [1.29, 1.82) is 0 Å². The Hall–Kier alpha value is -3.55. The number of H-pyrrole nitrogens is 1. The highest BCUT2D eigenvalue weighted by Gasteiger charge is 2.16. The van der Waals surface area contributed by atoms with E-state index in [4.69, 9.17) is 0 Å². The van der Waals surface area contributed by atoms with Crippen molar-refractivity contribution in [3.05, 3.63) is 59.7 Å². The summed E-state index contributed by atoms with van der Waals surface area (Å²) >= 11 is 0. The van der Waals surface area contributed by atoms with Gasteiger partial charge in [0.1, 0.15) is 11.6 Å². The van der Waals surface area contributed by atoms with Crippen molar-refractivity contribution >= 4 is 33.7 Å². The Balaban J connectivity index is 1.69. The van der Waals surface area contributed by atoms with Gasteiger partial charge in [-0.2, -0.15) is 4.99 Å². The summed E-state index contributed by atoms with van der Waals surface area (Å²) < 4.78 is 15.4. The molecule has 3 heterocycles. The van der Waals surface area contributed by atoms with Crippen molar-refractivity contribution in [1.82, 2.24) is 19.5 Å². The van der Waals surface area contributed by atoms with E-state index in [9.17, 15) is 9.18 Å². The average Bonchev–Trinajstić information content (AvgIpc) is 3.30.